The van der Waals surface area contributed by atoms with Crippen LogP contribution < -0.4 is 4.74 Å². The van der Waals surface area contributed by atoms with E-state index in [1.807, 2.05) is 0 Å². The van der Waals surface area contributed by atoms with Gasteiger partial charge in [-0.25, -0.2) is 4.79 Å². The van der Waals surface area contributed by atoms with Crippen LogP contribution in [0, 0.1) is 0 Å². The lowest BCUT2D eigenvalue weighted by atomic mass is 9.92. The number of alkyl halides is 6. The zero-order chi connectivity index (χ0) is 24.7. The van der Waals surface area contributed by atoms with Gasteiger partial charge in [0.2, 0.25) is 0 Å². The van der Waals surface area contributed by atoms with Crippen LogP contribution in [0.25, 0.3) is 0 Å². The molecule has 1 fully saturated rings. The highest BCUT2D eigenvalue weighted by Gasteiger charge is 2.71. The van der Waals surface area contributed by atoms with Gasteiger partial charge in [-0.05, 0) is 38.8 Å². The summed E-state index contributed by atoms with van der Waals surface area (Å²) in [5, 5.41) is 8.85. The van der Waals surface area contributed by atoms with Crippen molar-refractivity contribution in [1.82, 2.24) is 9.80 Å². The molecule has 1 saturated heterocycles. The van der Waals surface area contributed by atoms with Crippen molar-refractivity contribution in [1.29, 1.82) is 0 Å². The number of rotatable bonds is 7. The van der Waals surface area contributed by atoms with Gasteiger partial charge in [-0.1, -0.05) is 17.7 Å². The number of nitrogens with zero attached hydrogens (tertiary/aromatic N) is 2. The van der Waals surface area contributed by atoms with Crippen LogP contribution in [-0.4, -0.2) is 64.9 Å². The molecular formula is C19H21ClF6N2O4. The molecule has 0 spiro atoms. The molecule has 1 N–H and O–H groups in total. The third-order valence-corrected chi connectivity index (χ3v) is 5.62. The molecule has 1 aromatic carbocycles. The second-order valence-electron chi connectivity index (χ2n) is 7.76. The molecule has 1 aliphatic rings. The molecule has 0 atom stereocenters. The van der Waals surface area contributed by atoms with Gasteiger partial charge >= 0.3 is 18.4 Å². The minimum Gasteiger partial charge on any atom is -0.492 e. The highest BCUT2D eigenvalue weighted by Crippen LogP contribution is 2.50. The number of imide groups is 1. The highest BCUT2D eigenvalue weighted by molar-refractivity contribution is 6.32. The molecule has 0 aliphatic carbocycles. The van der Waals surface area contributed by atoms with E-state index in [-0.39, 0.29) is 24.8 Å². The lowest BCUT2D eigenvalue weighted by molar-refractivity contribution is -0.376. The predicted octanol–water partition coefficient (Wildman–Crippen LogP) is 4.48. The van der Waals surface area contributed by atoms with Crippen molar-refractivity contribution in [3.05, 3.63) is 28.8 Å². The van der Waals surface area contributed by atoms with Crippen LogP contribution in [0.2, 0.25) is 5.02 Å². The van der Waals surface area contributed by atoms with Crippen molar-refractivity contribution in [3.8, 4) is 5.75 Å². The number of likely N-dealkylation sites (N-methyl/N-ethyl adjacent to an activating group) is 1. The van der Waals surface area contributed by atoms with Crippen molar-refractivity contribution in [3.63, 3.8) is 0 Å². The summed E-state index contributed by atoms with van der Waals surface area (Å²) in [6, 6.07) is 1.13. The van der Waals surface area contributed by atoms with E-state index in [1.54, 1.807) is 13.8 Å². The van der Waals surface area contributed by atoms with Crippen LogP contribution in [0.15, 0.2) is 18.2 Å². The van der Waals surface area contributed by atoms with E-state index in [1.165, 1.54) is 11.9 Å². The Labute approximate surface area is 184 Å². The quantitative estimate of drug-likeness (QED) is 0.347. The molecule has 0 aromatic heterocycles. The Morgan fingerprint density at radius 1 is 1.06 bits per heavy atom. The Kier molecular flexibility index (Phi) is 7.02. The van der Waals surface area contributed by atoms with Crippen LogP contribution in [0.3, 0.4) is 0 Å². The number of carbonyl (C=O) groups is 2. The van der Waals surface area contributed by atoms with E-state index in [0.29, 0.717) is 25.0 Å². The molecular weight excluding hydrogens is 470 g/mol. The van der Waals surface area contributed by atoms with Crippen molar-refractivity contribution < 1.29 is 45.8 Å². The summed E-state index contributed by atoms with van der Waals surface area (Å²) in [4.78, 5) is 26.8. The summed E-state index contributed by atoms with van der Waals surface area (Å²) in [6.45, 7) is 3.31. The number of unbranched alkanes of at least 4 members (excludes halogenated alkanes) is 1. The molecule has 32 heavy (non-hydrogen) atoms. The van der Waals surface area contributed by atoms with Gasteiger partial charge in [0.05, 0.1) is 11.6 Å². The maximum atomic E-state index is 13.0. The molecule has 0 bridgehead atoms. The second-order valence-corrected chi connectivity index (χ2v) is 8.17. The van der Waals surface area contributed by atoms with Gasteiger partial charge in [-0.2, -0.15) is 26.3 Å². The normalized spacial score (nSPS) is 17.3. The number of hydrogen-bond donors (Lipinski definition) is 1. The first-order valence-electron chi connectivity index (χ1n) is 9.34. The van der Waals surface area contributed by atoms with E-state index in [0.717, 1.165) is 11.0 Å². The largest absolute Gasteiger partial charge is 0.492 e. The fraction of sp³-hybridized carbons (Fsp3) is 0.579. The Morgan fingerprint density at radius 2 is 1.62 bits per heavy atom. The Morgan fingerprint density at radius 3 is 2.06 bits per heavy atom. The lowest BCUT2D eigenvalue weighted by Crippen LogP contribution is -2.53. The zero-order valence-electron chi connectivity index (χ0n) is 17.3. The Hall–Kier alpha value is -2.21. The average molecular weight is 491 g/mol. The molecule has 2 rings (SSSR count). The maximum absolute atomic E-state index is 13.0. The van der Waals surface area contributed by atoms with Gasteiger partial charge in [-0.3, -0.25) is 9.69 Å². The number of halogens is 7. The third-order valence-electron chi connectivity index (χ3n) is 5.33. The lowest BCUT2D eigenvalue weighted by Gasteiger charge is -2.32. The van der Waals surface area contributed by atoms with Crippen LogP contribution in [0.4, 0.5) is 31.1 Å². The summed E-state index contributed by atoms with van der Waals surface area (Å²) < 4.78 is 83.1. The van der Waals surface area contributed by atoms with Crippen LogP contribution in [0.1, 0.15) is 32.3 Å². The summed E-state index contributed by atoms with van der Waals surface area (Å²) in [5.74, 6) is -0.539. The molecule has 3 amide bonds. The highest BCUT2D eigenvalue weighted by atomic mass is 35.5. The third kappa shape index (κ3) is 4.47. The molecule has 0 saturated carbocycles. The average Bonchev–Trinajstić information content (AvgIpc) is 2.80. The standard InChI is InChI=1S/C19H21ClF6N2O4/c1-16(2)14(29)28(15(30)27(16)3)8-4-5-9-32-13-7-6-11(10-12(13)20)17(31,18(21,22)23)19(24,25)26/h6-7,10,31H,4-5,8-9H2,1-3H3. The van der Waals surface area contributed by atoms with Gasteiger partial charge in [0, 0.05) is 19.2 Å². The van der Waals surface area contributed by atoms with Crippen LogP contribution in [-0.2, 0) is 10.4 Å². The first kappa shape index (κ1) is 26.0. The van der Waals surface area contributed by atoms with E-state index in [9.17, 15) is 41.0 Å². The van der Waals surface area contributed by atoms with Crippen molar-refractivity contribution in [2.75, 3.05) is 20.2 Å². The molecule has 6 nitrogen and oxygen atoms in total. The minimum atomic E-state index is -6.02. The van der Waals surface area contributed by atoms with E-state index in [4.69, 9.17) is 16.3 Å². The first-order chi connectivity index (χ1) is 14.5. The molecule has 1 heterocycles. The molecule has 1 aromatic rings. The van der Waals surface area contributed by atoms with Gasteiger partial charge in [0.25, 0.3) is 11.5 Å². The smallest absolute Gasteiger partial charge is 0.430 e. The van der Waals surface area contributed by atoms with Crippen molar-refractivity contribution in [2.45, 2.75) is 50.2 Å². The zero-order valence-corrected chi connectivity index (χ0v) is 18.0. The number of carbonyl (C=O) groups excluding carboxylic acids is 2. The summed E-state index contributed by atoms with van der Waals surface area (Å²) in [5.41, 5.74) is -7.54. The molecule has 13 heteroatoms. The number of aliphatic hydroxyl groups is 1. The SMILES string of the molecule is CN1C(=O)N(CCCCOc2ccc(C(O)(C(F)(F)F)C(F)(F)F)cc2Cl)C(=O)C1(C)C. The fourth-order valence-corrected chi connectivity index (χ4v) is 3.30. The van der Waals surface area contributed by atoms with Crippen molar-refractivity contribution in [2.24, 2.45) is 0 Å². The minimum absolute atomic E-state index is 0.0304. The monoisotopic (exact) mass is 490 g/mol. The topological polar surface area (TPSA) is 70.1 Å². The summed E-state index contributed by atoms with van der Waals surface area (Å²) >= 11 is 5.76. The summed E-state index contributed by atoms with van der Waals surface area (Å²) in [6.07, 6.45) is -11.4. The maximum Gasteiger partial charge on any atom is 0.430 e. The van der Waals surface area contributed by atoms with Gasteiger partial charge in [-0.15, -0.1) is 0 Å². The molecule has 0 unspecified atom stereocenters. The van der Waals surface area contributed by atoms with E-state index >= 15 is 0 Å². The molecule has 1 aliphatic heterocycles. The van der Waals surface area contributed by atoms with Crippen LogP contribution in [0.5, 0.6) is 5.75 Å². The Balaban J connectivity index is 1.99. The number of amides is 3. The van der Waals surface area contributed by atoms with Gasteiger partial charge < -0.3 is 14.7 Å². The van der Waals surface area contributed by atoms with Gasteiger partial charge in [0.15, 0.2) is 0 Å². The van der Waals surface area contributed by atoms with Gasteiger partial charge in [0.1, 0.15) is 11.3 Å². The first-order valence-corrected chi connectivity index (χ1v) is 9.72. The Bertz CT molecular complexity index is 874. The summed E-state index contributed by atoms with van der Waals surface area (Å²) in [7, 11) is 1.51. The number of urea groups is 1. The van der Waals surface area contributed by atoms with E-state index < -0.39 is 40.1 Å². The van der Waals surface area contributed by atoms with E-state index in [2.05, 4.69) is 0 Å². The molecule has 0 radical (unpaired) electrons. The van der Waals surface area contributed by atoms with Crippen LogP contribution >= 0.6 is 11.6 Å². The number of benzene rings is 1. The number of hydrogen-bond acceptors (Lipinski definition) is 4. The predicted molar refractivity (Wildman–Crippen MR) is 101 cm³/mol. The number of ether oxygens (including phenoxy) is 1. The molecule has 180 valence electrons. The fourth-order valence-electron chi connectivity index (χ4n) is 3.06. The van der Waals surface area contributed by atoms with Crippen molar-refractivity contribution >= 4 is 23.5 Å². The second kappa shape index (κ2) is 8.62.